The summed E-state index contributed by atoms with van der Waals surface area (Å²) in [6.07, 6.45) is 6.34. The number of carboxylic acid groups (broad SMARTS) is 1. The lowest BCUT2D eigenvalue weighted by molar-refractivity contribution is -0.143. The number of rotatable bonds is 5. The fourth-order valence-corrected chi connectivity index (χ4v) is 2.67. The van der Waals surface area contributed by atoms with Gasteiger partial charge in [0.15, 0.2) is 0 Å². The number of hydrogen-bond donors (Lipinski definition) is 2. The molecule has 0 aliphatic heterocycles. The number of nitrogens with one attached hydrogen (secondary N) is 1. The van der Waals surface area contributed by atoms with Crippen molar-refractivity contribution in [1.29, 1.82) is 0 Å². The van der Waals surface area contributed by atoms with E-state index in [1.165, 1.54) is 0 Å². The summed E-state index contributed by atoms with van der Waals surface area (Å²) in [6, 6.07) is -0.184. The molecule has 0 saturated heterocycles. The van der Waals surface area contributed by atoms with Gasteiger partial charge in [0, 0.05) is 12.0 Å². The van der Waals surface area contributed by atoms with Crippen molar-refractivity contribution >= 4 is 11.9 Å². The van der Waals surface area contributed by atoms with E-state index in [9.17, 15) is 14.7 Å². The van der Waals surface area contributed by atoms with Gasteiger partial charge < -0.3 is 10.4 Å². The first-order chi connectivity index (χ1) is 8.56. The first-order valence-electron chi connectivity index (χ1n) is 7.09. The molecule has 0 aromatic heterocycles. The first-order valence-corrected chi connectivity index (χ1v) is 7.09. The highest BCUT2D eigenvalue weighted by Crippen LogP contribution is 2.24. The third-order valence-corrected chi connectivity index (χ3v) is 3.83. The van der Waals surface area contributed by atoms with Crippen molar-refractivity contribution in [3.63, 3.8) is 0 Å². The minimum atomic E-state index is -0.773. The second-order valence-corrected chi connectivity index (χ2v) is 5.39. The van der Waals surface area contributed by atoms with Gasteiger partial charge >= 0.3 is 5.97 Å². The van der Waals surface area contributed by atoms with Crippen molar-refractivity contribution in [2.24, 2.45) is 11.8 Å². The number of amides is 1. The van der Waals surface area contributed by atoms with Crippen LogP contribution in [0.15, 0.2) is 0 Å². The summed E-state index contributed by atoms with van der Waals surface area (Å²) in [5.74, 6) is -1.20. The van der Waals surface area contributed by atoms with Crippen LogP contribution in [-0.2, 0) is 9.59 Å². The van der Waals surface area contributed by atoms with Crippen LogP contribution >= 0.6 is 0 Å². The van der Waals surface area contributed by atoms with Crippen molar-refractivity contribution in [3.05, 3.63) is 0 Å². The van der Waals surface area contributed by atoms with Gasteiger partial charge in [-0.1, -0.05) is 39.5 Å². The molecule has 18 heavy (non-hydrogen) atoms. The molecule has 0 radical (unpaired) electrons. The first kappa shape index (κ1) is 15.0. The molecule has 1 aliphatic rings. The molecule has 104 valence electrons. The predicted molar refractivity (Wildman–Crippen MR) is 70.2 cm³/mol. The maximum absolute atomic E-state index is 12.0. The van der Waals surface area contributed by atoms with E-state index in [1.807, 2.05) is 6.92 Å². The molecule has 2 N–H and O–H groups in total. The number of carboxylic acids is 1. The summed E-state index contributed by atoms with van der Waals surface area (Å²) in [4.78, 5) is 23.2. The molecule has 1 fully saturated rings. The molecular weight excluding hydrogens is 230 g/mol. The van der Waals surface area contributed by atoms with Crippen LogP contribution in [0.4, 0.5) is 0 Å². The molecule has 0 aromatic carbocycles. The topological polar surface area (TPSA) is 66.4 Å². The third-order valence-electron chi connectivity index (χ3n) is 3.83. The van der Waals surface area contributed by atoms with Crippen LogP contribution in [0.2, 0.25) is 0 Å². The van der Waals surface area contributed by atoms with Crippen LogP contribution in [0.1, 0.15) is 58.8 Å². The Kier molecular flexibility index (Phi) is 6.16. The van der Waals surface area contributed by atoms with Crippen molar-refractivity contribution in [3.8, 4) is 0 Å². The smallest absolute Gasteiger partial charge is 0.308 e. The van der Waals surface area contributed by atoms with Crippen molar-refractivity contribution in [2.75, 3.05) is 0 Å². The lowest BCUT2D eigenvalue weighted by Crippen LogP contribution is -2.44. The molecule has 1 aliphatic carbocycles. The summed E-state index contributed by atoms with van der Waals surface area (Å²) in [7, 11) is 0. The summed E-state index contributed by atoms with van der Waals surface area (Å²) in [6.45, 7) is 3.96. The highest BCUT2D eigenvalue weighted by atomic mass is 16.4. The van der Waals surface area contributed by atoms with Crippen molar-refractivity contribution in [1.82, 2.24) is 5.32 Å². The van der Waals surface area contributed by atoms with Gasteiger partial charge in [0.1, 0.15) is 0 Å². The number of hydrogen-bond acceptors (Lipinski definition) is 2. The van der Waals surface area contributed by atoms with Gasteiger partial charge in [0.05, 0.1) is 5.92 Å². The zero-order valence-corrected chi connectivity index (χ0v) is 11.4. The number of carbonyl (C=O) groups is 2. The van der Waals surface area contributed by atoms with Crippen molar-refractivity contribution in [2.45, 2.75) is 64.8 Å². The Morgan fingerprint density at radius 1 is 1.28 bits per heavy atom. The molecular formula is C14H25NO3. The Labute approximate surface area is 109 Å². The summed E-state index contributed by atoms with van der Waals surface area (Å²) >= 11 is 0. The van der Waals surface area contributed by atoms with E-state index in [0.717, 1.165) is 38.5 Å². The minimum Gasteiger partial charge on any atom is -0.481 e. The Hall–Kier alpha value is -1.06. The normalized spacial score (nSPS) is 26.1. The monoisotopic (exact) mass is 255 g/mol. The zero-order chi connectivity index (χ0) is 13.5. The van der Waals surface area contributed by atoms with E-state index in [-0.39, 0.29) is 17.9 Å². The van der Waals surface area contributed by atoms with E-state index in [1.54, 1.807) is 0 Å². The number of carbonyl (C=O) groups excluding carboxylic acids is 1. The second-order valence-electron chi connectivity index (χ2n) is 5.39. The molecule has 0 aromatic rings. The Morgan fingerprint density at radius 2 is 1.94 bits per heavy atom. The quantitative estimate of drug-likeness (QED) is 0.742. The predicted octanol–water partition coefficient (Wildman–Crippen LogP) is 2.57. The van der Waals surface area contributed by atoms with Gasteiger partial charge in [-0.3, -0.25) is 9.59 Å². The summed E-state index contributed by atoms with van der Waals surface area (Å²) in [5.41, 5.74) is 0. The summed E-state index contributed by atoms with van der Waals surface area (Å²) in [5, 5.41) is 12.2. The fraction of sp³-hybridized carbons (Fsp3) is 0.857. The molecule has 1 unspecified atom stereocenters. The van der Waals surface area contributed by atoms with Crippen LogP contribution in [0.5, 0.6) is 0 Å². The standard InChI is InChI=1S/C14H25NO3/c1-3-7-10(2)13(16)15-12-9-6-4-5-8-11(12)14(17)18/h10-12H,3-9H2,1-2H3,(H,15,16)(H,17,18)/t10?,11-,12+/m1/s1. The maximum atomic E-state index is 12.0. The molecule has 0 spiro atoms. The van der Waals surface area contributed by atoms with Crippen LogP contribution < -0.4 is 5.32 Å². The maximum Gasteiger partial charge on any atom is 0.308 e. The molecule has 4 heteroatoms. The van der Waals surface area contributed by atoms with Gasteiger partial charge in [-0.25, -0.2) is 0 Å². The second kappa shape index (κ2) is 7.39. The average molecular weight is 255 g/mol. The highest BCUT2D eigenvalue weighted by molar-refractivity contribution is 5.80. The molecule has 0 bridgehead atoms. The van der Waals surface area contributed by atoms with E-state index < -0.39 is 11.9 Å². The average Bonchev–Trinajstić information content (AvgIpc) is 2.54. The van der Waals surface area contributed by atoms with Gasteiger partial charge in [-0.15, -0.1) is 0 Å². The Bertz CT molecular complexity index is 291. The van der Waals surface area contributed by atoms with Crippen molar-refractivity contribution < 1.29 is 14.7 Å². The SMILES string of the molecule is CCCC(C)C(=O)N[C@H]1CCCCC[C@H]1C(=O)O. The van der Waals surface area contributed by atoms with E-state index in [2.05, 4.69) is 12.2 Å². The largest absolute Gasteiger partial charge is 0.481 e. The molecule has 1 saturated carbocycles. The minimum absolute atomic E-state index is 0.00926. The van der Waals surface area contributed by atoms with Crippen LogP contribution in [0, 0.1) is 11.8 Å². The van der Waals surface area contributed by atoms with E-state index >= 15 is 0 Å². The van der Waals surface area contributed by atoms with Gasteiger partial charge in [-0.2, -0.15) is 0 Å². The number of aliphatic carboxylic acids is 1. The molecule has 4 nitrogen and oxygen atoms in total. The highest BCUT2D eigenvalue weighted by Gasteiger charge is 2.31. The van der Waals surface area contributed by atoms with Gasteiger partial charge in [0.2, 0.25) is 5.91 Å². The Morgan fingerprint density at radius 3 is 2.56 bits per heavy atom. The molecule has 3 atom stereocenters. The third kappa shape index (κ3) is 4.31. The van der Waals surface area contributed by atoms with Crippen LogP contribution in [-0.4, -0.2) is 23.0 Å². The molecule has 0 heterocycles. The van der Waals surface area contributed by atoms with Gasteiger partial charge in [-0.05, 0) is 19.3 Å². The van der Waals surface area contributed by atoms with Crippen LogP contribution in [0.3, 0.4) is 0 Å². The van der Waals surface area contributed by atoms with E-state index in [4.69, 9.17) is 0 Å². The van der Waals surface area contributed by atoms with Gasteiger partial charge in [0.25, 0.3) is 0 Å². The van der Waals surface area contributed by atoms with Crippen LogP contribution in [0.25, 0.3) is 0 Å². The van der Waals surface area contributed by atoms with E-state index in [0.29, 0.717) is 6.42 Å². The fourth-order valence-electron chi connectivity index (χ4n) is 2.67. The lowest BCUT2D eigenvalue weighted by Gasteiger charge is -2.24. The molecule has 1 rings (SSSR count). The zero-order valence-electron chi connectivity index (χ0n) is 11.4. The lowest BCUT2D eigenvalue weighted by atomic mass is 9.94. The summed E-state index contributed by atoms with van der Waals surface area (Å²) < 4.78 is 0. The molecule has 1 amide bonds. The Balaban J connectivity index is 2.60.